The van der Waals surface area contributed by atoms with Crippen LogP contribution in [0.2, 0.25) is 0 Å². The van der Waals surface area contributed by atoms with Crippen LogP contribution < -0.4 is 0 Å². The van der Waals surface area contributed by atoms with Gasteiger partial charge in [0, 0.05) is 12.8 Å². The van der Waals surface area contributed by atoms with E-state index in [-0.39, 0.29) is 0 Å². The Kier molecular flexibility index (Phi) is 5.35. The third-order valence-corrected chi connectivity index (χ3v) is 1.89. The van der Waals surface area contributed by atoms with Crippen molar-refractivity contribution in [2.45, 2.75) is 27.2 Å². The molecule has 0 aliphatic heterocycles. The number of hydrogen-bond acceptors (Lipinski definition) is 1. The van der Waals surface area contributed by atoms with Gasteiger partial charge in [-0.1, -0.05) is 33.4 Å². The molecule has 12 heavy (non-hydrogen) atoms. The molecule has 1 heteroatoms. The Morgan fingerprint density at radius 1 is 1.50 bits per heavy atom. The molecular weight excluding hydrogens is 146 g/mol. The molecule has 0 aliphatic rings. The maximum atomic E-state index is 4.17. The van der Waals surface area contributed by atoms with Crippen molar-refractivity contribution in [1.29, 1.82) is 0 Å². The van der Waals surface area contributed by atoms with Gasteiger partial charge in [-0.05, 0) is 24.0 Å². The molecule has 0 saturated heterocycles. The van der Waals surface area contributed by atoms with E-state index in [1.54, 1.807) is 0 Å². The molecule has 0 amide bonds. The summed E-state index contributed by atoms with van der Waals surface area (Å²) in [5.41, 5.74) is 2.40. The van der Waals surface area contributed by atoms with Crippen LogP contribution in [0.25, 0.3) is 0 Å². The number of allylic oxidation sites excluding steroid dienone is 3. The summed E-state index contributed by atoms with van der Waals surface area (Å²) in [6.07, 6.45) is 5.02. The summed E-state index contributed by atoms with van der Waals surface area (Å²) < 4.78 is 0. The van der Waals surface area contributed by atoms with Crippen molar-refractivity contribution in [3.63, 3.8) is 0 Å². The SMILES string of the molecule is C=C/C(=C\C(CC)=N/C)C(C)C. The first kappa shape index (κ1) is 11.2. The summed E-state index contributed by atoms with van der Waals surface area (Å²) in [6, 6.07) is 0. The van der Waals surface area contributed by atoms with Gasteiger partial charge in [0.1, 0.15) is 0 Å². The highest BCUT2D eigenvalue weighted by Gasteiger charge is 1.99. The van der Waals surface area contributed by atoms with E-state index in [9.17, 15) is 0 Å². The molecule has 0 spiro atoms. The maximum Gasteiger partial charge on any atom is 0.0344 e. The lowest BCUT2D eigenvalue weighted by Gasteiger charge is -2.06. The quantitative estimate of drug-likeness (QED) is 0.448. The normalized spacial score (nSPS) is 13.8. The van der Waals surface area contributed by atoms with Crippen LogP contribution >= 0.6 is 0 Å². The third kappa shape index (κ3) is 3.51. The standard InChI is InChI=1S/C11H19N/c1-6-10(9(3)4)8-11(7-2)12-5/h6,8-9H,1,7H2,2-5H3/b10-8+,12-11-. The van der Waals surface area contributed by atoms with Crippen molar-refractivity contribution >= 4 is 5.71 Å². The monoisotopic (exact) mass is 165 g/mol. The first-order valence-electron chi connectivity index (χ1n) is 4.45. The topological polar surface area (TPSA) is 12.4 Å². The zero-order valence-electron chi connectivity index (χ0n) is 8.59. The number of aliphatic imine (C=N–C) groups is 1. The first-order chi connectivity index (χ1) is 5.65. The van der Waals surface area contributed by atoms with Gasteiger partial charge in [0.15, 0.2) is 0 Å². The van der Waals surface area contributed by atoms with Crippen LogP contribution in [-0.4, -0.2) is 12.8 Å². The van der Waals surface area contributed by atoms with E-state index in [0.29, 0.717) is 5.92 Å². The van der Waals surface area contributed by atoms with Gasteiger partial charge in [-0.15, -0.1) is 0 Å². The van der Waals surface area contributed by atoms with Crippen LogP contribution in [0.5, 0.6) is 0 Å². The first-order valence-corrected chi connectivity index (χ1v) is 4.45. The second-order valence-electron chi connectivity index (χ2n) is 3.07. The van der Waals surface area contributed by atoms with Gasteiger partial charge in [0.2, 0.25) is 0 Å². The van der Waals surface area contributed by atoms with Crippen LogP contribution in [-0.2, 0) is 0 Å². The molecule has 0 aliphatic carbocycles. The van der Waals surface area contributed by atoms with Gasteiger partial charge in [0.05, 0.1) is 0 Å². The molecular formula is C11H19N. The Morgan fingerprint density at radius 2 is 2.08 bits per heavy atom. The molecule has 0 fully saturated rings. The largest absolute Gasteiger partial charge is 0.293 e. The Morgan fingerprint density at radius 3 is 2.33 bits per heavy atom. The van der Waals surface area contributed by atoms with E-state index in [1.165, 1.54) is 5.57 Å². The second kappa shape index (κ2) is 5.76. The highest BCUT2D eigenvalue weighted by Crippen LogP contribution is 2.10. The predicted octanol–water partition coefficient (Wildman–Crippen LogP) is 3.24. The Labute approximate surface area is 75.9 Å². The molecule has 0 aromatic rings. The number of nitrogens with zero attached hydrogens (tertiary/aromatic N) is 1. The lowest BCUT2D eigenvalue weighted by atomic mass is 10.0. The summed E-state index contributed by atoms with van der Waals surface area (Å²) in [5, 5.41) is 0. The summed E-state index contributed by atoms with van der Waals surface area (Å²) in [6.45, 7) is 10.2. The zero-order chi connectivity index (χ0) is 9.56. The van der Waals surface area contributed by atoms with Crippen molar-refractivity contribution in [1.82, 2.24) is 0 Å². The van der Waals surface area contributed by atoms with Crippen LogP contribution in [0.15, 0.2) is 29.3 Å². The van der Waals surface area contributed by atoms with Crippen LogP contribution in [0, 0.1) is 5.92 Å². The molecule has 0 radical (unpaired) electrons. The van der Waals surface area contributed by atoms with Crippen molar-refractivity contribution in [2.75, 3.05) is 7.05 Å². The van der Waals surface area contributed by atoms with Gasteiger partial charge < -0.3 is 0 Å². The molecule has 0 atom stereocenters. The van der Waals surface area contributed by atoms with E-state index in [4.69, 9.17) is 0 Å². The van der Waals surface area contributed by atoms with Gasteiger partial charge in [-0.25, -0.2) is 0 Å². The highest BCUT2D eigenvalue weighted by molar-refractivity contribution is 5.95. The predicted molar refractivity (Wildman–Crippen MR) is 56.8 cm³/mol. The minimum Gasteiger partial charge on any atom is -0.293 e. The van der Waals surface area contributed by atoms with E-state index < -0.39 is 0 Å². The highest BCUT2D eigenvalue weighted by atomic mass is 14.7. The molecule has 0 unspecified atom stereocenters. The average Bonchev–Trinajstić information content (AvgIpc) is 2.06. The molecule has 0 saturated carbocycles. The Balaban J connectivity index is 4.58. The molecule has 0 aromatic carbocycles. The lowest BCUT2D eigenvalue weighted by molar-refractivity contribution is 0.793. The summed E-state index contributed by atoms with van der Waals surface area (Å²) in [7, 11) is 1.83. The van der Waals surface area contributed by atoms with Gasteiger partial charge in [-0.3, -0.25) is 4.99 Å². The molecule has 68 valence electrons. The smallest absolute Gasteiger partial charge is 0.0344 e. The van der Waals surface area contributed by atoms with E-state index in [1.807, 2.05) is 13.1 Å². The molecule has 0 aromatic heterocycles. The fourth-order valence-corrected chi connectivity index (χ4v) is 0.978. The molecule has 0 bridgehead atoms. The number of hydrogen-bond donors (Lipinski definition) is 0. The average molecular weight is 165 g/mol. The maximum absolute atomic E-state index is 4.17. The van der Waals surface area contributed by atoms with Crippen molar-refractivity contribution in [3.8, 4) is 0 Å². The second-order valence-corrected chi connectivity index (χ2v) is 3.07. The van der Waals surface area contributed by atoms with Crippen LogP contribution in [0.3, 0.4) is 0 Å². The van der Waals surface area contributed by atoms with Crippen LogP contribution in [0.1, 0.15) is 27.2 Å². The minimum absolute atomic E-state index is 0.533. The molecule has 1 nitrogen and oxygen atoms in total. The summed E-state index contributed by atoms with van der Waals surface area (Å²) in [5.74, 6) is 0.533. The fourth-order valence-electron chi connectivity index (χ4n) is 0.978. The van der Waals surface area contributed by atoms with Crippen molar-refractivity contribution in [2.24, 2.45) is 10.9 Å². The molecule has 0 heterocycles. The summed E-state index contributed by atoms with van der Waals surface area (Å²) >= 11 is 0. The Hall–Kier alpha value is -0.850. The summed E-state index contributed by atoms with van der Waals surface area (Å²) in [4.78, 5) is 4.17. The van der Waals surface area contributed by atoms with Gasteiger partial charge >= 0.3 is 0 Å². The zero-order valence-corrected chi connectivity index (χ0v) is 8.59. The van der Waals surface area contributed by atoms with Crippen LogP contribution in [0.4, 0.5) is 0 Å². The molecule has 0 rings (SSSR count). The van der Waals surface area contributed by atoms with Gasteiger partial charge in [-0.2, -0.15) is 0 Å². The number of rotatable bonds is 4. The lowest BCUT2D eigenvalue weighted by Crippen LogP contribution is -1.97. The minimum atomic E-state index is 0.533. The van der Waals surface area contributed by atoms with E-state index >= 15 is 0 Å². The fraction of sp³-hybridized carbons (Fsp3) is 0.545. The van der Waals surface area contributed by atoms with E-state index in [2.05, 4.69) is 38.4 Å². The van der Waals surface area contributed by atoms with Crippen molar-refractivity contribution < 1.29 is 0 Å². The Bertz CT molecular complexity index is 197. The third-order valence-electron chi connectivity index (χ3n) is 1.89. The van der Waals surface area contributed by atoms with Gasteiger partial charge in [0.25, 0.3) is 0 Å². The van der Waals surface area contributed by atoms with Crippen molar-refractivity contribution in [3.05, 3.63) is 24.3 Å². The molecule has 0 N–H and O–H groups in total. The van der Waals surface area contributed by atoms with E-state index in [0.717, 1.165) is 12.1 Å².